The fourth-order valence-corrected chi connectivity index (χ4v) is 6.78. The molecule has 8 heteroatoms. The Balaban J connectivity index is 1.62. The number of rotatable bonds is 5. The van der Waals surface area contributed by atoms with Gasteiger partial charge in [-0.1, -0.05) is 13.8 Å². The second kappa shape index (κ2) is 7.27. The lowest BCUT2D eigenvalue weighted by Gasteiger charge is -2.31. The van der Waals surface area contributed by atoms with Crippen molar-refractivity contribution in [1.82, 2.24) is 13.9 Å². The van der Waals surface area contributed by atoms with Crippen molar-refractivity contribution in [3.05, 3.63) is 34.1 Å². The largest absolute Gasteiger partial charge is 0.334 e. The number of hydrogen-bond acceptors (Lipinski definition) is 4. The molecule has 0 N–H and O–H groups in total. The maximum Gasteiger partial charge on any atom is 0.252 e. The summed E-state index contributed by atoms with van der Waals surface area (Å²) in [7, 11) is -3.35. The molecule has 0 atom stereocenters. The van der Waals surface area contributed by atoms with Gasteiger partial charge in [-0.2, -0.15) is 4.31 Å². The first-order valence-corrected chi connectivity index (χ1v) is 11.2. The first-order valence-electron chi connectivity index (χ1n) is 8.14. The smallest absolute Gasteiger partial charge is 0.252 e. The molecule has 0 radical (unpaired) electrons. The molecule has 132 valence electrons. The summed E-state index contributed by atoms with van der Waals surface area (Å²) in [6, 6.07) is 3.47. The van der Waals surface area contributed by atoms with Crippen LogP contribution in [0.2, 0.25) is 0 Å². The van der Waals surface area contributed by atoms with Gasteiger partial charge < -0.3 is 4.57 Å². The van der Waals surface area contributed by atoms with Crippen LogP contribution in [0.5, 0.6) is 0 Å². The van der Waals surface area contributed by atoms with Crippen molar-refractivity contribution in [3.8, 4) is 0 Å². The summed E-state index contributed by atoms with van der Waals surface area (Å²) in [5.74, 6) is 2.00. The molecule has 0 unspecified atom stereocenters. The quantitative estimate of drug-likeness (QED) is 0.720. The highest BCUT2D eigenvalue weighted by Crippen LogP contribution is 2.31. The van der Waals surface area contributed by atoms with Crippen molar-refractivity contribution in [2.75, 3.05) is 13.1 Å². The van der Waals surface area contributed by atoms with Crippen molar-refractivity contribution >= 4 is 37.3 Å². The fraction of sp³-hybridized carbons (Fsp3) is 0.562. The molecular formula is C16H22BrN3O2S2. The molecule has 0 saturated carbocycles. The van der Waals surface area contributed by atoms with E-state index in [1.165, 1.54) is 11.3 Å². The summed E-state index contributed by atoms with van der Waals surface area (Å²) in [4.78, 5) is 4.43. The van der Waals surface area contributed by atoms with Gasteiger partial charge in [-0.3, -0.25) is 0 Å². The minimum absolute atomic E-state index is 0.401. The molecule has 2 aromatic rings. The summed E-state index contributed by atoms with van der Waals surface area (Å²) >= 11 is 4.61. The van der Waals surface area contributed by atoms with Gasteiger partial charge in [0.05, 0.1) is 3.79 Å². The lowest BCUT2D eigenvalue weighted by atomic mass is 9.98. The third-order valence-electron chi connectivity index (χ3n) is 4.44. The highest BCUT2D eigenvalue weighted by molar-refractivity contribution is 9.11. The summed E-state index contributed by atoms with van der Waals surface area (Å²) < 4.78 is 30.4. The summed E-state index contributed by atoms with van der Waals surface area (Å²) in [6.07, 6.45) is 5.66. The number of piperidine rings is 1. The summed E-state index contributed by atoms with van der Waals surface area (Å²) in [6.45, 7) is 6.40. The first kappa shape index (κ1) is 18.1. The van der Waals surface area contributed by atoms with E-state index in [1.807, 2.05) is 12.4 Å². The normalized spacial score (nSPS) is 17.7. The van der Waals surface area contributed by atoms with Crippen LogP contribution in [0.1, 0.15) is 38.4 Å². The zero-order valence-corrected chi connectivity index (χ0v) is 17.1. The van der Waals surface area contributed by atoms with Crippen LogP contribution >= 0.6 is 27.3 Å². The van der Waals surface area contributed by atoms with E-state index in [4.69, 9.17) is 0 Å². The Hall–Kier alpha value is -0.700. The highest BCUT2D eigenvalue weighted by atomic mass is 79.9. The van der Waals surface area contributed by atoms with Crippen LogP contribution in [-0.4, -0.2) is 35.4 Å². The minimum atomic E-state index is -3.35. The van der Waals surface area contributed by atoms with E-state index < -0.39 is 10.0 Å². The van der Waals surface area contributed by atoms with E-state index >= 15 is 0 Å². The lowest BCUT2D eigenvalue weighted by Crippen LogP contribution is -2.39. The van der Waals surface area contributed by atoms with Gasteiger partial charge in [0.25, 0.3) is 10.0 Å². The maximum atomic E-state index is 12.7. The molecule has 3 rings (SSSR count). The van der Waals surface area contributed by atoms with Gasteiger partial charge in [0.2, 0.25) is 0 Å². The molecule has 0 spiro atoms. The van der Waals surface area contributed by atoms with Gasteiger partial charge in [0.1, 0.15) is 10.0 Å². The molecule has 0 amide bonds. The van der Waals surface area contributed by atoms with E-state index in [0.717, 1.165) is 29.0 Å². The molecule has 0 bridgehead atoms. The second-order valence-electron chi connectivity index (χ2n) is 6.50. The van der Waals surface area contributed by atoms with E-state index in [-0.39, 0.29) is 0 Å². The molecule has 0 aromatic carbocycles. The van der Waals surface area contributed by atoms with E-state index in [2.05, 4.69) is 39.3 Å². The standard InChI is InChI=1S/C16H22BrN3O2S2/c1-12(2)16-18-7-10-19(16)11-13-5-8-20(9-6-13)24(21,22)15-4-3-14(17)23-15/h3-4,7,10,12-13H,5-6,8-9,11H2,1-2H3. The molecule has 1 fully saturated rings. The average molecular weight is 432 g/mol. The lowest BCUT2D eigenvalue weighted by molar-refractivity contribution is 0.251. The number of halogens is 1. The first-order chi connectivity index (χ1) is 11.4. The predicted octanol–water partition coefficient (Wildman–Crippen LogP) is 3.93. The van der Waals surface area contributed by atoms with Crippen LogP contribution in [0.15, 0.2) is 32.5 Å². The Morgan fingerprint density at radius 1 is 1.33 bits per heavy atom. The summed E-state index contributed by atoms with van der Waals surface area (Å²) in [5, 5.41) is 0. The van der Waals surface area contributed by atoms with Gasteiger partial charge in [0.15, 0.2) is 0 Å². The van der Waals surface area contributed by atoms with E-state index in [0.29, 0.717) is 29.1 Å². The van der Waals surface area contributed by atoms with Crippen molar-refractivity contribution in [2.24, 2.45) is 5.92 Å². The predicted molar refractivity (Wildman–Crippen MR) is 99.8 cm³/mol. The van der Waals surface area contributed by atoms with Crippen molar-refractivity contribution in [3.63, 3.8) is 0 Å². The third kappa shape index (κ3) is 3.76. The van der Waals surface area contributed by atoms with Crippen LogP contribution < -0.4 is 0 Å². The molecule has 1 saturated heterocycles. The molecular weight excluding hydrogens is 410 g/mol. The number of thiophene rings is 1. The zero-order valence-electron chi connectivity index (χ0n) is 13.9. The monoisotopic (exact) mass is 431 g/mol. The molecule has 2 aromatic heterocycles. The summed E-state index contributed by atoms with van der Waals surface area (Å²) in [5.41, 5.74) is 0. The van der Waals surface area contributed by atoms with Crippen LogP contribution in [0.4, 0.5) is 0 Å². The van der Waals surface area contributed by atoms with Crippen LogP contribution in [0.25, 0.3) is 0 Å². The molecule has 0 aliphatic carbocycles. The van der Waals surface area contributed by atoms with Crippen molar-refractivity contribution < 1.29 is 8.42 Å². The fourth-order valence-electron chi connectivity index (χ4n) is 3.15. The van der Waals surface area contributed by atoms with Crippen LogP contribution in [0, 0.1) is 5.92 Å². The molecule has 1 aliphatic rings. The van der Waals surface area contributed by atoms with Gasteiger partial charge in [-0.15, -0.1) is 11.3 Å². The highest BCUT2D eigenvalue weighted by Gasteiger charge is 2.30. The maximum absolute atomic E-state index is 12.7. The molecule has 5 nitrogen and oxygen atoms in total. The van der Waals surface area contributed by atoms with Crippen LogP contribution in [0.3, 0.4) is 0 Å². The Morgan fingerprint density at radius 2 is 2.04 bits per heavy atom. The number of imidazole rings is 1. The molecule has 1 aliphatic heterocycles. The zero-order chi connectivity index (χ0) is 17.3. The topological polar surface area (TPSA) is 55.2 Å². The van der Waals surface area contributed by atoms with Crippen molar-refractivity contribution in [1.29, 1.82) is 0 Å². The van der Waals surface area contributed by atoms with E-state index in [1.54, 1.807) is 16.4 Å². The van der Waals surface area contributed by atoms with Crippen LogP contribution in [-0.2, 0) is 16.6 Å². The Kier molecular flexibility index (Phi) is 5.48. The Labute approximate surface area is 155 Å². The second-order valence-corrected chi connectivity index (χ2v) is 11.1. The van der Waals surface area contributed by atoms with E-state index in [9.17, 15) is 8.42 Å². The Morgan fingerprint density at radius 3 is 2.62 bits per heavy atom. The van der Waals surface area contributed by atoms with Gasteiger partial charge in [-0.25, -0.2) is 13.4 Å². The number of nitrogens with zero attached hydrogens (tertiary/aromatic N) is 3. The SMILES string of the molecule is CC(C)c1nccn1CC1CCN(S(=O)(=O)c2ccc(Br)s2)CC1. The Bertz CT molecular complexity index is 790. The number of sulfonamides is 1. The van der Waals surface area contributed by atoms with Gasteiger partial charge >= 0.3 is 0 Å². The average Bonchev–Trinajstić information content (AvgIpc) is 3.17. The third-order valence-corrected chi connectivity index (χ3v) is 8.42. The molecule has 24 heavy (non-hydrogen) atoms. The van der Waals surface area contributed by atoms with Gasteiger partial charge in [-0.05, 0) is 46.8 Å². The number of hydrogen-bond donors (Lipinski definition) is 0. The number of aromatic nitrogens is 2. The van der Waals surface area contributed by atoms with Gasteiger partial charge in [0, 0.05) is 37.9 Å². The van der Waals surface area contributed by atoms with Crippen molar-refractivity contribution in [2.45, 2.75) is 43.4 Å². The molecule has 3 heterocycles. The minimum Gasteiger partial charge on any atom is -0.334 e.